The highest BCUT2D eigenvalue weighted by molar-refractivity contribution is 6.10. The molecule has 0 spiro atoms. The Morgan fingerprint density at radius 1 is 0.380 bits per heavy atom. The highest BCUT2D eigenvalue weighted by Gasteiger charge is 2.23. The molecule has 10 aromatic rings. The average Bonchev–Trinajstić information content (AvgIpc) is 3.71. The molecular weight excluding hydrogens is 609 g/mol. The first-order valence-electron chi connectivity index (χ1n) is 16.9. The maximum absolute atomic E-state index is 5.08. The predicted octanol–water partition coefficient (Wildman–Crippen LogP) is 11.6. The van der Waals surface area contributed by atoms with Crippen molar-refractivity contribution in [3.05, 3.63) is 182 Å². The van der Waals surface area contributed by atoms with Crippen molar-refractivity contribution < 1.29 is 0 Å². The molecule has 0 saturated heterocycles. The molecule has 4 nitrogen and oxygen atoms in total. The second kappa shape index (κ2) is 11.4. The van der Waals surface area contributed by atoms with Crippen LogP contribution in [-0.2, 0) is 0 Å². The molecule has 0 aliphatic carbocycles. The Balaban J connectivity index is 1.20. The largest absolute Gasteiger partial charge is 0.293 e. The van der Waals surface area contributed by atoms with Gasteiger partial charge in [-0.3, -0.25) is 8.97 Å². The van der Waals surface area contributed by atoms with E-state index in [0.29, 0.717) is 5.82 Å². The second-order valence-electron chi connectivity index (χ2n) is 12.6. The Hall–Kier alpha value is -6.78. The molecule has 10 rings (SSSR count). The van der Waals surface area contributed by atoms with Crippen LogP contribution in [0.25, 0.3) is 89.1 Å². The molecule has 0 atom stereocenters. The van der Waals surface area contributed by atoms with Crippen molar-refractivity contribution in [2.45, 2.75) is 0 Å². The van der Waals surface area contributed by atoms with Crippen LogP contribution in [-0.4, -0.2) is 18.9 Å². The molecule has 4 heteroatoms. The summed E-state index contributed by atoms with van der Waals surface area (Å²) in [6, 6.07) is 64.3. The molecule has 0 N–H and O–H groups in total. The maximum Gasteiger partial charge on any atom is 0.160 e. The third-order valence-electron chi connectivity index (χ3n) is 9.73. The maximum atomic E-state index is 5.08. The summed E-state index contributed by atoms with van der Waals surface area (Å²) in [5.41, 5.74) is 13.1. The van der Waals surface area contributed by atoms with Crippen molar-refractivity contribution in [2.24, 2.45) is 0 Å². The van der Waals surface area contributed by atoms with E-state index in [1.807, 2.05) is 24.3 Å². The van der Waals surface area contributed by atoms with Gasteiger partial charge in [-0.25, -0.2) is 9.97 Å². The van der Waals surface area contributed by atoms with Gasteiger partial charge in [-0.1, -0.05) is 152 Å². The molecule has 3 heterocycles. The molecule has 0 fully saturated rings. The van der Waals surface area contributed by atoms with Gasteiger partial charge in [0, 0.05) is 33.0 Å². The number of hydrogen-bond donors (Lipinski definition) is 0. The Bertz CT molecular complexity index is 2780. The number of rotatable bonds is 5. The Kier molecular flexibility index (Phi) is 6.46. The van der Waals surface area contributed by atoms with Crippen LogP contribution in [0.1, 0.15) is 0 Å². The van der Waals surface area contributed by atoms with Crippen molar-refractivity contribution in [2.75, 3.05) is 0 Å². The lowest BCUT2D eigenvalue weighted by molar-refractivity contribution is 1.16. The standard InChI is InChI=1S/C46H30N4/c1-3-15-32(16-4-1)38-30-39(48-45(47-38)35-17-5-2-6-18-35)33-26-28-34(29-27-33)44-37-21-9-10-22-41(37)50-43-24-12-11-23-42(43)49(46(44)50)40-25-13-19-31-14-7-8-20-36(31)40/h1-30H. The highest BCUT2D eigenvalue weighted by atomic mass is 15.1. The monoisotopic (exact) mass is 638 g/mol. The van der Waals surface area contributed by atoms with Crippen molar-refractivity contribution in [3.63, 3.8) is 0 Å². The number of nitrogens with zero attached hydrogens (tertiary/aromatic N) is 4. The number of benzene rings is 7. The summed E-state index contributed by atoms with van der Waals surface area (Å²) in [5, 5.41) is 3.66. The molecule has 7 aromatic carbocycles. The predicted molar refractivity (Wildman–Crippen MR) is 207 cm³/mol. The van der Waals surface area contributed by atoms with Gasteiger partial charge in [-0.05, 0) is 41.3 Å². The molecule has 0 bridgehead atoms. The average molecular weight is 639 g/mol. The molecule has 50 heavy (non-hydrogen) atoms. The van der Waals surface area contributed by atoms with Crippen LogP contribution in [0.4, 0.5) is 0 Å². The van der Waals surface area contributed by atoms with Crippen molar-refractivity contribution in [1.82, 2.24) is 18.9 Å². The smallest absolute Gasteiger partial charge is 0.160 e. The van der Waals surface area contributed by atoms with E-state index in [2.05, 4.69) is 167 Å². The first-order chi connectivity index (χ1) is 24.8. The van der Waals surface area contributed by atoms with E-state index in [4.69, 9.17) is 9.97 Å². The zero-order valence-corrected chi connectivity index (χ0v) is 27.1. The SMILES string of the molecule is c1ccc(-c2cc(-c3ccc(-c4c5ccccc5n5c6ccccc6n(-c6cccc7ccccc67)c45)cc3)nc(-c3ccccc3)n2)cc1. The van der Waals surface area contributed by atoms with Crippen LogP contribution < -0.4 is 0 Å². The van der Waals surface area contributed by atoms with E-state index in [1.54, 1.807) is 0 Å². The highest BCUT2D eigenvalue weighted by Crippen LogP contribution is 2.42. The van der Waals surface area contributed by atoms with Gasteiger partial charge >= 0.3 is 0 Å². The molecule has 0 aliphatic rings. The molecule has 0 aliphatic heterocycles. The quantitative estimate of drug-likeness (QED) is 0.188. The molecule has 0 amide bonds. The summed E-state index contributed by atoms with van der Waals surface area (Å²) < 4.78 is 4.88. The zero-order chi connectivity index (χ0) is 33.0. The minimum atomic E-state index is 0.714. The Morgan fingerprint density at radius 2 is 0.920 bits per heavy atom. The molecule has 3 aromatic heterocycles. The molecule has 234 valence electrons. The van der Waals surface area contributed by atoms with E-state index in [1.165, 1.54) is 38.3 Å². The van der Waals surface area contributed by atoms with Gasteiger partial charge < -0.3 is 0 Å². The lowest BCUT2D eigenvalue weighted by Gasteiger charge is -2.13. The van der Waals surface area contributed by atoms with E-state index < -0.39 is 0 Å². The van der Waals surface area contributed by atoms with E-state index in [9.17, 15) is 0 Å². The number of fused-ring (bicyclic) bond motifs is 6. The van der Waals surface area contributed by atoms with Gasteiger partial charge in [0.15, 0.2) is 5.82 Å². The molecule has 0 unspecified atom stereocenters. The van der Waals surface area contributed by atoms with Crippen LogP contribution in [0.5, 0.6) is 0 Å². The van der Waals surface area contributed by atoms with E-state index in [0.717, 1.165) is 45.0 Å². The van der Waals surface area contributed by atoms with Crippen LogP contribution in [0.2, 0.25) is 0 Å². The normalized spacial score (nSPS) is 11.6. The van der Waals surface area contributed by atoms with Crippen LogP contribution in [0, 0.1) is 0 Å². The van der Waals surface area contributed by atoms with E-state index in [-0.39, 0.29) is 0 Å². The van der Waals surface area contributed by atoms with Crippen LogP contribution in [0.15, 0.2) is 182 Å². The van der Waals surface area contributed by atoms with Gasteiger partial charge in [-0.2, -0.15) is 0 Å². The van der Waals surface area contributed by atoms with Gasteiger partial charge in [0.2, 0.25) is 0 Å². The van der Waals surface area contributed by atoms with Gasteiger partial charge in [0.25, 0.3) is 0 Å². The molecule has 0 radical (unpaired) electrons. The fourth-order valence-corrected chi connectivity index (χ4v) is 7.45. The first kappa shape index (κ1) is 28.3. The summed E-state index contributed by atoms with van der Waals surface area (Å²) in [4.78, 5) is 10.1. The van der Waals surface area contributed by atoms with Crippen LogP contribution >= 0.6 is 0 Å². The summed E-state index contributed by atoms with van der Waals surface area (Å²) in [6.07, 6.45) is 0. The fraction of sp³-hybridized carbons (Fsp3) is 0. The Morgan fingerprint density at radius 3 is 1.66 bits per heavy atom. The lowest BCUT2D eigenvalue weighted by Crippen LogP contribution is -1.97. The van der Waals surface area contributed by atoms with Crippen LogP contribution in [0.3, 0.4) is 0 Å². The number of imidazole rings is 1. The summed E-state index contributed by atoms with van der Waals surface area (Å²) >= 11 is 0. The minimum absolute atomic E-state index is 0.714. The second-order valence-corrected chi connectivity index (χ2v) is 12.6. The Labute approximate surface area is 289 Å². The topological polar surface area (TPSA) is 35.1 Å². The molecule has 0 saturated carbocycles. The third-order valence-corrected chi connectivity index (χ3v) is 9.73. The fourth-order valence-electron chi connectivity index (χ4n) is 7.45. The zero-order valence-electron chi connectivity index (χ0n) is 27.1. The van der Waals surface area contributed by atoms with Gasteiger partial charge in [0.05, 0.1) is 33.6 Å². The summed E-state index contributed by atoms with van der Waals surface area (Å²) in [7, 11) is 0. The van der Waals surface area contributed by atoms with E-state index >= 15 is 0 Å². The van der Waals surface area contributed by atoms with Gasteiger partial charge in [-0.15, -0.1) is 0 Å². The van der Waals surface area contributed by atoms with Crippen molar-refractivity contribution >= 4 is 38.4 Å². The molecular formula is C46H30N4. The summed E-state index contributed by atoms with van der Waals surface area (Å²) in [6.45, 7) is 0. The first-order valence-corrected chi connectivity index (χ1v) is 16.9. The number of para-hydroxylation sites is 3. The van der Waals surface area contributed by atoms with Gasteiger partial charge in [0.1, 0.15) is 5.65 Å². The number of hydrogen-bond acceptors (Lipinski definition) is 2. The number of aromatic nitrogens is 4. The lowest BCUT2D eigenvalue weighted by atomic mass is 10.0. The summed E-state index contributed by atoms with van der Waals surface area (Å²) in [5.74, 6) is 0.714. The van der Waals surface area contributed by atoms with Crippen molar-refractivity contribution in [1.29, 1.82) is 0 Å². The third kappa shape index (κ3) is 4.46. The minimum Gasteiger partial charge on any atom is -0.293 e. The van der Waals surface area contributed by atoms with Crippen molar-refractivity contribution in [3.8, 4) is 50.7 Å².